The van der Waals surface area contributed by atoms with Crippen molar-refractivity contribution in [2.45, 2.75) is 13.8 Å². The van der Waals surface area contributed by atoms with Crippen LogP contribution in [0.25, 0.3) is 0 Å². The minimum atomic E-state index is -0.115. The normalized spacial score (nSPS) is 10.4. The zero-order valence-electron chi connectivity index (χ0n) is 16.0. The molecule has 0 radical (unpaired) electrons. The summed E-state index contributed by atoms with van der Waals surface area (Å²) in [6, 6.07) is 17.1. The number of nitrogens with zero attached hydrogens (tertiary/aromatic N) is 2. The fourth-order valence-electron chi connectivity index (χ4n) is 2.80. The Morgan fingerprint density at radius 2 is 1.74 bits per heavy atom. The van der Waals surface area contributed by atoms with Crippen LogP contribution in [0.15, 0.2) is 60.8 Å². The van der Waals surface area contributed by atoms with Crippen LogP contribution in [-0.4, -0.2) is 25.0 Å². The molecule has 0 atom stereocenters. The van der Waals surface area contributed by atoms with Gasteiger partial charge in [-0.05, 0) is 49.2 Å². The molecule has 0 fully saturated rings. The summed E-state index contributed by atoms with van der Waals surface area (Å²) >= 11 is 0. The fourth-order valence-corrected chi connectivity index (χ4v) is 2.80. The average Bonchev–Trinajstić information content (AvgIpc) is 2.71. The van der Waals surface area contributed by atoms with Crippen molar-refractivity contribution in [2.75, 3.05) is 24.4 Å². The lowest BCUT2D eigenvalue weighted by Gasteiger charge is -2.20. The third kappa shape index (κ3) is 3.92. The number of para-hydroxylation sites is 1. The molecule has 5 nitrogen and oxygen atoms in total. The zero-order valence-corrected chi connectivity index (χ0v) is 16.0. The molecule has 0 saturated heterocycles. The molecule has 0 unspecified atom stereocenters. The Kier molecular flexibility index (Phi) is 5.41. The summed E-state index contributed by atoms with van der Waals surface area (Å²) in [6.45, 7) is 4.14. The molecule has 3 rings (SSSR count). The molecule has 1 amide bonds. The quantitative estimate of drug-likeness (QED) is 0.714. The van der Waals surface area contributed by atoms with Crippen LogP contribution >= 0.6 is 0 Å². The lowest BCUT2D eigenvalue weighted by atomic mass is 10.1. The van der Waals surface area contributed by atoms with E-state index in [2.05, 4.69) is 30.2 Å². The van der Waals surface area contributed by atoms with Crippen molar-refractivity contribution in [3.05, 3.63) is 77.5 Å². The van der Waals surface area contributed by atoms with Crippen molar-refractivity contribution in [2.24, 2.45) is 0 Å². The number of methoxy groups -OCH3 is 1. The van der Waals surface area contributed by atoms with Gasteiger partial charge in [-0.1, -0.05) is 24.3 Å². The van der Waals surface area contributed by atoms with Crippen molar-refractivity contribution in [1.29, 1.82) is 0 Å². The topological polar surface area (TPSA) is 54.5 Å². The van der Waals surface area contributed by atoms with E-state index in [4.69, 9.17) is 4.74 Å². The van der Waals surface area contributed by atoms with Gasteiger partial charge in [0.25, 0.3) is 5.91 Å². The molecule has 138 valence electrons. The van der Waals surface area contributed by atoms with Gasteiger partial charge in [0.05, 0.1) is 30.2 Å². The Labute approximate surface area is 159 Å². The first-order chi connectivity index (χ1) is 13.0. The number of carbonyl (C=O) groups is 1. The summed E-state index contributed by atoms with van der Waals surface area (Å²) in [5, 5.41) is 3.40. The number of amides is 1. The van der Waals surface area contributed by atoms with Crippen LogP contribution in [0.3, 0.4) is 0 Å². The number of carbonyl (C=O) groups excluding carboxylic acids is 1. The van der Waals surface area contributed by atoms with Crippen molar-refractivity contribution >= 4 is 23.0 Å². The zero-order chi connectivity index (χ0) is 19.4. The van der Waals surface area contributed by atoms with Crippen LogP contribution in [-0.2, 0) is 0 Å². The monoisotopic (exact) mass is 361 g/mol. The van der Waals surface area contributed by atoms with E-state index in [-0.39, 0.29) is 5.91 Å². The van der Waals surface area contributed by atoms with Crippen LogP contribution in [0, 0.1) is 13.8 Å². The third-order valence-electron chi connectivity index (χ3n) is 4.65. The lowest BCUT2D eigenvalue weighted by molar-refractivity contribution is 0.0993. The Hall–Kier alpha value is -3.34. The van der Waals surface area contributed by atoms with Crippen molar-refractivity contribution < 1.29 is 9.53 Å². The van der Waals surface area contributed by atoms with Gasteiger partial charge in [0, 0.05) is 18.8 Å². The Morgan fingerprint density at radius 3 is 2.44 bits per heavy atom. The summed E-state index contributed by atoms with van der Waals surface area (Å²) in [7, 11) is 3.30. The fraction of sp³-hybridized carbons (Fsp3) is 0.182. The van der Waals surface area contributed by atoms with Gasteiger partial charge < -0.3 is 15.0 Å². The Balaban J connectivity index is 1.90. The predicted molar refractivity (Wildman–Crippen MR) is 109 cm³/mol. The molecule has 0 saturated carbocycles. The van der Waals surface area contributed by atoms with Gasteiger partial charge in [0.1, 0.15) is 0 Å². The van der Waals surface area contributed by atoms with E-state index in [1.165, 1.54) is 5.56 Å². The molecule has 27 heavy (non-hydrogen) atoms. The smallest absolute Gasteiger partial charge is 0.260 e. The van der Waals surface area contributed by atoms with Crippen molar-refractivity contribution in [3.8, 4) is 5.88 Å². The van der Waals surface area contributed by atoms with Crippen LogP contribution < -0.4 is 15.0 Å². The Morgan fingerprint density at radius 1 is 1.00 bits per heavy atom. The number of hydrogen-bond donors (Lipinski definition) is 1. The second kappa shape index (κ2) is 7.91. The maximum atomic E-state index is 13.1. The van der Waals surface area contributed by atoms with Crippen LogP contribution in [0.4, 0.5) is 17.1 Å². The number of rotatable bonds is 5. The number of ether oxygens (including phenoxy) is 1. The summed E-state index contributed by atoms with van der Waals surface area (Å²) in [6.07, 6.45) is 1.62. The van der Waals surface area contributed by atoms with E-state index < -0.39 is 0 Å². The highest BCUT2D eigenvalue weighted by Gasteiger charge is 2.18. The number of hydrogen-bond acceptors (Lipinski definition) is 4. The van der Waals surface area contributed by atoms with Crippen LogP contribution in [0.5, 0.6) is 5.88 Å². The minimum Gasteiger partial charge on any atom is -0.481 e. The SMILES string of the molecule is COc1ccc(N(C)C(=O)c2ccccc2Nc2cccc(C)c2C)cn1. The second-order valence-corrected chi connectivity index (χ2v) is 6.34. The van der Waals surface area contributed by atoms with Gasteiger partial charge in [-0.2, -0.15) is 0 Å². The van der Waals surface area contributed by atoms with Gasteiger partial charge in [-0.25, -0.2) is 4.98 Å². The average molecular weight is 361 g/mol. The van der Waals surface area contributed by atoms with E-state index in [9.17, 15) is 4.79 Å². The minimum absolute atomic E-state index is 0.115. The van der Waals surface area contributed by atoms with Gasteiger partial charge in [0.15, 0.2) is 0 Å². The molecular weight excluding hydrogens is 338 g/mol. The Bertz CT molecular complexity index is 952. The second-order valence-electron chi connectivity index (χ2n) is 6.34. The molecule has 1 N–H and O–H groups in total. The first-order valence-electron chi connectivity index (χ1n) is 8.71. The summed E-state index contributed by atoms with van der Waals surface area (Å²) in [5.41, 5.74) is 5.41. The van der Waals surface area contributed by atoms with Gasteiger partial charge in [-0.3, -0.25) is 4.79 Å². The molecule has 1 heterocycles. The molecule has 0 spiro atoms. The molecule has 2 aromatic carbocycles. The predicted octanol–water partition coefficient (Wildman–Crippen LogP) is 4.73. The van der Waals surface area contributed by atoms with Crippen LogP contribution in [0.1, 0.15) is 21.5 Å². The molecule has 3 aromatic rings. The number of aryl methyl sites for hydroxylation is 1. The summed E-state index contributed by atoms with van der Waals surface area (Å²) in [4.78, 5) is 18.8. The maximum Gasteiger partial charge on any atom is 0.260 e. The standard InChI is InChI=1S/C22H23N3O2/c1-15-8-7-11-19(16(15)2)24-20-10-6-5-9-18(20)22(26)25(3)17-12-13-21(27-4)23-14-17/h5-14,24H,1-4H3. The molecule has 0 aliphatic carbocycles. The highest BCUT2D eigenvalue weighted by Crippen LogP contribution is 2.27. The maximum absolute atomic E-state index is 13.1. The number of aromatic nitrogens is 1. The third-order valence-corrected chi connectivity index (χ3v) is 4.65. The first-order valence-corrected chi connectivity index (χ1v) is 8.71. The van der Waals surface area contributed by atoms with Gasteiger partial charge in [-0.15, -0.1) is 0 Å². The molecule has 0 aliphatic heterocycles. The van der Waals surface area contributed by atoms with Crippen LogP contribution in [0.2, 0.25) is 0 Å². The van der Waals surface area contributed by atoms with E-state index >= 15 is 0 Å². The number of nitrogens with one attached hydrogen (secondary N) is 1. The molecular formula is C22H23N3O2. The van der Waals surface area contributed by atoms with E-state index in [0.29, 0.717) is 17.1 Å². The lowest BCUT2D eigenvalue weighted by Crippen LogP contribution is -2.27. The number of anilines is 3. The first kappa shape index (κ1) is 18.5. The van der Waals surface area contributed by atoms with E-state index in [0.717, 1.165) is 16.9 Å². The molecule has 5 heteroatoms. The number of pyridine rings is 1. The van der Waals surface area contributed by atoms with Gasteiger partial charge in [0.2, 0.25) is 5.88 Å². The van der Waals surface area contributed by atoms with E-state index in [1.54, 1.807) is 31.3 Å². The largest absolute Gasteiger partial charge is 0.481 e. The molecule has 1 aromatic heterocycles. The van der Waals surface area contributed by atoms with Crippen molar-refractivity contribution in [3.63, 3.8) is 0 Å². The highest BCUT2D eigenvalue weighted by atomic mass is 16.5. The molecule has 0 aliphatic rings. The summed E-state index contributed by atoms with van der Waals surface area (Å²) in [5.74, 6) is 0.395. The van der Waals surface area contributed by atoms with Gasteiger partial charge >= 0.3 is 0 Å². The highest BCUT2D eigenvalue weighted by molar-refractivity contribution is 6.09. The summed E-state index contributed by atoms with van der Waals surface area (Å²) < 4.78 is 5.08. The molecule has 0 bridgehead atoms. The number of benzene rings is 2. The van der Waals surface area contributed by atoms with E-state index in [1.807, 2.05) is 42.5 Å². The van der Waals surface area contributed by atoms with Crippen molar-refractivity contribution in [1.82, 2.24) is 4.98 Å².